The van der Waals surface area contributed by atoms with Gasteiger partial charge in [-0.1, -0.05) is 24.3 Å². The lowest BCUT2D eigenvalue weighted by Crippen LogP contribution is -2.36. The summed E-state index contributed by atoms with van der Waals surface area (Å²) in [7, 11) is 1.87. The van der Waals surface area contributed by atoms with Crippen LogP contribution in [0.2, 0.25) is 0 Å². The highest BCUT2D eigenvalue weighted by Gasteiger charge is 2.33. The van der Waals surface area contributed by atoms with Crippen LogP contribution >= 0.6 is 0 Å². The summed E-state index contributed by atoms with van der Waals surface area (Å²) in [5.74, 6) is 0.679. The minimum Gasteiger partial charge on any atom is -0.398 e. The van der Waals surface area contributed by atoms with Crippen molar-refractivity contribution in [3.05, 3.63) is 42.0 Å². The molecule has 1 saturated carbocycles. The standard InChI is InChI=1S/C17H20N2O/c1-11(12-7-8-12)19(2)17(20)15-9-13-5-3-4-6-14(13)10-16(15)18/h3-6,9-12H,7-8,18H2,1-2H3. The molecule has 1 aliphatic rings. The van der Waals surface area contributed by atoms with Crippen LogP contribution < -0.4 is 5.73 Å². The molecule has 1 amide bonds. The summed E-state index contributed by atoms with van der Waals surface area (Å²) in [4.78, 5) is 14.5. The Bertz CT molecular complexity index is 661. The average Bonchev–Trinajstić information content (AvgIpc) is 3.28. The van der Waals surface area contributed by atoms with Gasteiger partial charge in [-0.2, -0.15) is 0 Å². The van der Waals surface area contributed by atoms with Crippen molar-refractivity contribution >= 4 is 22.4 Å². The van der Waals surface area contributed by atoms with Crippen molar-refractivity contribution in [2.45, 2.75) is 25.8 Å². The minimum atomic E-state index is 0.0210. The summed E-state index contributed by atoms with van der Waals surface area (Å²) < 4.78 is 0. The molecule has 0 aliphatic heterocycles. The number of nitrogen functional groups attached to an aromatic ring is 1. The molecule has 3 heteroatoms. The Morgan fingerprint density at radius 1 is 1.25 bits per heavy atom. The van der Waals surface area contributed by atoms with E-state index in [1.165, 1.54) is 12.8 Å². The van der Waals surface area contributed by atoms with Gasteiger partial charge in [0.25, 0.3) is 5.91 Å². The van der Waals surface area contributed by atoms with Crippen molar-refractivity contribution in [3.63, 3.8) is 0 Å². The fraction of sp³-hybridized carbons (Fsp3) is 0.353. The molecule has 1 unspecified atom stereocenters. The molecule has 3 rings (SSSR count). The van der Waals surface area contributed by atoms with Crippen molar-refractivity contribution in [2.24, 2.45) is 5.92 Å². The fourth-order valence-corrected chi connectivity index (χ4v) is 2.71. The van der Waals surface area contributed by atoms with E-state index in [0.29, 0.717) is 17.2 Å². The highest BCUT2D eigenvalue weighted by molar-refractivity contribution is 6.03. The van der Waals surface area contributed by atoms with Crippen molar-refractivity contribution in [2.75, 3.05) is 12.8 Å². The van der Waals surface area contributed by atoms with Crippen molar-refractivity contribution in [1.29, 1.82) is 0 Å². The second-order valence-corrected chi connectivity index (χ2v) is 5.78. The first-order valence-corrected chi connectivity index (χ1v) is 7.13. The first-order valence-electron chi connectivity index (χ1n) is 7.13. The van der Waals surface area contributed by atoms with Crippen molar-refractivity contribution < 1.29 is 4.79 Å². The van der Waals surface area contributed by atoms with E-state index in [1.54, 1.807) is 0 Å². The first kappa shape index (κ1) is 13.0. The van der Waals surface area contributed by atoms with E-state index < -0.39 is 0 Å². The van der Waals surface area contributed by atoms with Crippen LogP contribution in [0.5, 0.6) is 0 Å². The SMILES string of the molecule is CC(C1CC1)N(C)C(=O)c1cc2ccccc2cc1N. The zero-order chi connectivity index (χ0) is 14.3. The van der Waals surface area contributed by atoms with Crippen LogP contribution in [0.4, 0.5) is 5.69 Å². The molecule has 0 radical (unpaired) electrons. The Kier molecular flexibility index (Phi) is 3.13. The third kappa shape index (κ3) is 2.24. The molecule has 0 spiro atoms. The van der Waals surface area contributed by atoms with Gasteiger partial charge in [-0.15, -0.1) is 0 Å². The number of nitrogens with zero attached hydrogens (tertiary/aromatic N) is 1. The molecule has 2 aromatic carbocycles. The molecule has 0 heterocycles. The van der Waals surface area contributed by atoms with Gasteiger partial charge in [-0.05, 0) is 48.6 Å². The van der Waals surface area contributed by atoms with Crippen LogP contribution in [0, 0.1) is 5.92 Å². The topological polar surface area (TPSA) is 46.3 Å². The van der Waals surface area contributed by atoms with Crippen LogP contribution in [0.1, 0.15) is 30.1 Å². The normalized spacial score (nSPS) is 16.1. The number of hydrogen-bond donors (Lipinski definition) is 1. The van der Waals surface area contributed by atoms with Gasteiger partial charge in [-0.3, -0.25) is 4.79 Å². The van der Waals surface area contributed by atoms with Gasteiger partial charge in [0.05, 0.1) is 5.56 Å². The van der Waals surface area contributed by atoms with Crippen LogP contribution in [-0.4, -0.2) is 23.9 Å². The van der Waals surface area contributed by atoms with Gasteiger partial charge >= 0.3 is 0 Å². The van der Waals surface area contributed by atoms with E-state index in [9.17, 15) is 4.79 Å². The Hall–Kier alpha value is -2.03. The summed E-state index contributed by atoms with van der Waals surface area (Å²) in [6.45, 7) is 2.12. The molecule has 1 aliphatic carbocycles. The lowest BCUT2D eigenvalue weighted by atomic mass is 10.0. The Morgan fingerprint density at radius 2 is 1.85 bits per heavy atom. The number of benzene rings is 2. The summed E-state index contributed by atoms with van der Waals surface area (Å²) in [5, 5.41) is 2.12. The fourth-order valence-electron chi connectivity index (χ4n) is 2.71. The maximum absolute atomic E-state index is 12.6. The molecule has 0 bridgehead atoms. The smallest absolute Gasteiger partial charge is 0.255 e. The first-order chi connectivity index (χ1) is 9.58. The molecule has 1 atom stereocenters. The lowest BCUT2D eigenvalue weighted by molar-refractivity contribution is 0.0728. The van der Waals surface area contributed by atoms with Gasteiger partial charge in [0.2, 0.25) is 0 Å². The number of nitrogens with two attached hydrogens (primary N) is 1. The number of fused-ring (bicyclic) bond motifs is 1. The molecule has 0 aromatic heterocycles. The molecule has 0 saturated heterocycles. The molecular formula is C17H20N2O. The summed E-state index contributed by atoms with van der Waals surface area (Å²) in [6.07, 6.45) is 2.46. The molecule has 3 nitrogen and oxygen atoms in total. The number of rotatable bonds is 3. The second kappa shape index (κ2) is 4.82. The van der Waals surface area contributed by atoms with E-state index in [-0.39, 0.29) is 11.9 Å². The van der Waals surface area contributed by atoms with Crippen LogP contribution in [-0.2, 0) is 0 Å². The summed E-state index contributed by atoms with van der Waals surface area (Å²) in [5.41, 5.74) is 7.24. The number of hydrogen-bond acceptors (Lipinski definition) is 2. The third-order valence-electron chi connectivity index (χ3n) is 4.38. The highest BCUT2D eigenvalue weighted by Crippen LogP contribution is 2.35. The molecule has 104 valence electrons. The molecular weight excluding hydrogens is 248 g/mol. The average molecular weight is 268 g/mol. The number of carbonyl (C=O) groups excluding carboxylic acids is 1. The van der Waals surface area contributed by atoms with Crippen LogP contribution in [0.15, 0.2) is 36.4 Å². The molecule has 20 heavy (non-hydrogen) atoms. The largest absolute Gasteiger partial charge is 0.398 e. The van der Waals surface area contributed by atoms with Crippen molar-refractivity contribution in [3.8, 4) is 0 Å². The number of carbonyl (C=O) groups is 1. The maximum atomic E-state index is 12.6. The van der Waals surface area contributed by atoms with Crippen molar-refractivity contribution in [1.82, 2.24) is 4.90 Å². The Labute approximate surface area is 119 Å². The maximum Gasteiger partial charge on any atom is 0.255 e. The zero-order valence-electron chi connectivity index (χ0n) is 12.0. The van der Waals surface area contributed by atoms with Crippen LogP contribution in [0.3, 0.4) is 0 Å². The predicted octanol–water partition coefficient (Wildman–Crippen LogP) is 3.29. The highest BCUT2D eigenvalue weighted by atomic mass is 16.2. The summed E-state index contributed by atoms with van der Waals surface area (Å²) >= 11 is 0. The number of amides is 1. The lowest BCUT2D eigenvalue weighted by Gasteiger charge is -2.25. The van der Waals surface area contributed by atoms with E-state index in [0.717, 1.165) is 10.8 Å². The summed E-state index contributed by atoms with van der Waals surface area (Å²) in [6, 6.07) is 12.1. The minimum absolute atomic E-state index is 0.0210. The quantitative estimate of drug-likeness (QED) is 0.868. The van der Waals surface area contributed by atoms with Gasteiger partial charge in [0.1, 0.15) is 0 Å². The second-order valence-electron chi connectivity index (χ2n) is 5.78. The monoisotopic (exact) mass is 268 g/mol. The molecule has 2 aromatic rings. The zero-order valence-corrected chi connectivity index (χ0v) is 12.0. The number of anilines is 1. The van der Waals surface area contributed by atoms with E-state index in [2.05, 4.69) is 6.92 Å². The van der Waals surface area contributed by atoms with Gasteiger partial charge in [0, 0.05) is 18.8 Å². The van der Waals surface area contributed by atoms with Gasteiger partial charge in [0.15, 0.2) is 0 Å². The van der Waals surface area contributed by atoms with Gasteiger partial charge < -0.3 is 10.6 Å². The van der Waals surface area contributed by atoms with E-state index in [1.807, 2.05) is 48.3 Å². The van der Waals surface area contributed by atoms with Gasteiger partial charge in [-0.25, -0.2) is 0 Å². The molecule has 2 N–H and O–H groups in total. The van der Waals surface area contributed by atoms with E-state index >= 15 is 0 Å². The molecule has 1 fully saturated rings. The van der Waals surface area contributed by atoms with Crippen LogP contribution in [0.25, 0.3) is 10.8 Å². The predicted molar refractivity (Wildman–Crippen MR) is 82.6 cm³/mol. The Balaban J connectivity index is 1.96. The third-order valence-corrected chi connectivity index (χ3v) is 4.38. The Morgan fingerprint density at radius 3 is 2.45 bits per heavy atom. The van der Waals surface area contributed by atoms with E-state index in [4.69, 9.17) is 5.73 Å².